The summed E-state index contributed by atoms with van der Waals surface area (Å²) in [5, 5.41) is 0. The van der Waals surface area contributed by atoms with Crippen molar-refractivity contribution in [2.24, 2.45) is 11.7 Å². The molecule has 90 valence electrons. The van der Waals surface area contributed by atoms with Crippen molar-refractivity contribution in [3.05, 3.63) is 0 Å². The summed E-state index contributed by atoms with van der Waals surface area (Å²) >= 11 is 4.93. The van der Waals surface area contributed by atoms with Crippen LogP contribution in [-0.4, -0.2) is 42.7 Å². The van der Waals surface area contributed by atoms with Crippen molar-refractivity contribution >= 4 is 17.2 Å². The lowest BCUT2D eigenvalue weighted by Gasteiger charge is -2.23. The minimum atomic E-state index is 0.147. The molecule has 0 saturated heterocycles. The van der Waals surface area contributed by atoms with Gasteiger partial charge >= 0.3 is 0 Å². The lowest BCUT2D eigenvalue weighted by molar-refractivity contribution is 0.100. The van der Waals surface area contributed by atoms with Gasteiger partial charge in [-0.3, -0.25) is 4.90 Å². The second kappa shape index (κ2) is 8.02. The number of rotatable bonds is 8. The molecule has 1 unspecified atom stereocenters. The normalized spacial score (nSPS) is 13.5. The lowest BCUT2D eigenvalue weighted by Crippen LogP contribution is -2.40. The Morgan fingerprint density at radius 3 is 2.40 bits per heavy atom. The zero-order valence-electron chi connectivity index (χ0n) is 10.3. The van der Waals surface area contributed by atoms with Gasteiger partial charge in [0.15, 0.2) is 0 Å². The van der Waals surface area contributed by atoms with E-state index < -0.39 is 0 Å². The van der Waals surface area contributed by atoms with Crippen molar-refractivity contribution in [1.29, 1.82) is 0 Å². The first-order valence-corrected chi connectivity index (χ1v) is 5.93. The smallest absolute Gasteiger partial charge is 0.0899 e. The molecule has 3 nitrogen and oxygen atoms in total. The van der Waals surface area contributed by atoms with Crippen LogP contribution in [0.15, 0.2) is 0 Å². The van der Waals surface area contributed by atoms with Crippen LogP contribution in [0.1, 0.15) is 27.2 Å². The third kappa shape index (κ3) is 7.71. The lowest BCUT2D eigenvalue weighted by atomic mass is 10.1. The average Bonchev–Trinajstić information content (AvgIpc) is 2.15. The third-order valence-electron chi connectivity index (χ3n) is 2.50. The molecule has 0 radical (unpaired) electrons. The van der Waals surface area contributed by atoms with Crippen molar-refractivity contribution in [2.75, 3.05) is 26.8 Å². The Kier molecular flexibility index (Phi) is 7.92. The number of ether oxygens (including phenoxy) is 1. The third-order valence-corrected chi connectivity index (χ3v) is 2.84. The molecule has 0 aromatic carbocycles. The molecule has 0 aliphatic rings. The van der Waals surface area contributed by atoms with E-state index in [1.807, 2.05) is 14.0 Å². The predicted octanol–water partition coefficient (Wildman–Crippen LogP) is 1.66. The Hall–Kier alpha value is -0.190. The number of thiocarbonyl (C=S) groups is 1. The van der Waals surface area contributed by atoms with Gasteiger partial charge < -0.3 is 10.5 Å². The van der Waals surface area contributed by atoms with E-state index in [1.54, 1.807) is 0 Å². The minimum absolute atomic E-state index is 0.147. The highest BCUT2D eigenvalue weighted by Gasteiger charge is 2.10. The summed E-state index contributed by atoms with van der Waals surface area (Å²) in [4.78, 5) is 2.65. The number of nitrogens with zero attached hydrogens (tertiary/aromatic N) is 1. The molecule has 1 atom stereocenters. The van der Waals surface area contributed by atoms with E-state index in [2.05, 4.69) is 18.7 Å². The van der Waals surface area contributed by atoms with E-state index in [0.717, 1.165) is 26.2 Å². The first-order chi connectivity index (χ1) is 6.95. The second-order valence-electron chi connectivity index (χ2n) is 4.35. The van der Waals surface area contributed by atoms with E-state index in [4.69, 9.17) is 22.7 Å². The first-order valence-electron chi connectivity index (χ1n) is 5.52. The maximum atomic E-state index is 5.56. The van der Waals surface area contributed by atoms with Crippen LogP contribution in [0.5, 0.6) is 0 Å². The number of hydrogen-bond acceptors (Lipinski definition) is 3. The molecule has 0 heterocycles. The van der Waals surface area contributed by atoms with Crippen LogP contribution in [0, 0.1) is 5.92 Å². The fourth-order valence-corrected chi connectivity index (χ4v) is 1.22. The molecule has 0 aromatic rings. The highest BCUT2D eigenvalue weighted by Crippen LogP contribution is 1.99. The SMILES string of the molecule is CC(C)CCOCCN(C)C(C)C(N)=S. The van der Waals surface area contributed by atoms with Gasteiger partial charge in [0.2, 0.25) is 0 Å². The van der Waals surface area contributed by atoms with Crippen molar-refractivity contribution < 1.29 is 4.74 Å². The van der Waals surface area contributed by atoms with Gasteiger partial charge in [0, 0.05) is 13.2 Å². The topological polar surface area (TPSA) is 38.5 Å². The standard InChI is InChI=1S/C11H24N2OS/c1-9(2)5-7-14-8-6-13(4)10(3)11(12)15/h9-10H,5-8H2,1-4H3,(H2,12,15). The van der Waals surface area contributed by atoms with Gasteiger partial charge in [-0.1, -0.05) is 26.1 Å². The quantitative estimate of drug-likeness (QED) is 0.510. The van der Waals surface area contributed by atoms with E-state index >= 15 is 0 Å². The number of nitrogens with two attached hydrogens (primary N) is 1. The Labute approximate surface area is 99.0 Å². The highest BCUT2D eigenvalue weighted by molar-refractivity contribution is 7.80. The summed E-state index contributed by atoms with van der Waals surface area (Å²) in [5.74, 6) is 0.707. The van der Waals surface area contributed by atoms with Crippen LogP contribution < -0.4 is 5.73 Å². The van der Waals surface area contributed by atoms with Gasteiger partial charge in [0.1, 0.15) is 0 Å². The first kappa shape index (κ1) is 14.8. The Bertz CT molecular complexity index is 185. The molecule has 2 N–H and O–H groups in total. The number of hydrogen-bond donors (Lipinski definition) is 1. The Morgan fingerprint density at radius 1 is 1.33 bits per heavy atom. The van der Waals surface area contributed by atoms with Crippen LogP contribution in [0.2, 0.25) is 0 Å². The van der Waals surface area contributed by atoms with Crippen molar-refractivity contribution in [1.82, 2.24) is 4.90 Å². The van der Waals surface area contributed by atoms with E-state index in [0.29, 0.717) is 10.9 Å². The van der Waals surface area contributed by atoms with Crippen molar-refractivity contribution in [3.8, 4) is 0 Å². The Balaban J connectivity index is 3.47. The zero-order chi connectivity index (χ0) is 11.8. The van der Waals surface area contributed by atoms with Crippen molar-refractivity contribution in [2.45, 2.75) is 33.2 Å². The van der Waals surface area contributed by atoms with E-state index in [-0.39, 0.29) is 6.04 Å². The second-order valence-corrected chi connectivity index (χ2v) is 4.83. The number of likely N-dealkylation sites (N-methyl/N-ethyl adjacent to an activating group) is 1. The van der Waals surface area contributed by atoms with Crippen molar-refractivity contribution in [3.63, 3.8) is 0 Å². The molecule has 0 fully saturated rings. The fraction of sp³-hybridized carbons (Fsp3) is 0.909. The molecule has 0 saturated carbocycles. The molecular formula is C11H24N2OS. The summed E-state index contributed by atoms with van der Waals surface area (Å²) in [6, 6.07) is 0.147. The predicted molar refractivity (Wildman–Crippen MR) is 69.2 cm³/mol. The summed E-state index contributed by atoms with van der Waals surface area (Å²) in [6.07, 6.45) is 1.12. The molecule has 0 bridgehead atoms. The van der Waals surface area contributed by atoms with Gasteiger partial charge in [0.25, 0.3) is 0 Å². The van der Waals surface area contributed by atoms with Crippen LogP contribution in [0.25, 0.3) is 0 Å². The molecule has 0 amide bonds. The van der Waals surface area contributed by atoms with Gasteiger partial charge in [-0.15, -0.1) is 0 Å². The van der Waals surface area contributed by atoms with Gasteiger partial charge in [-0.05, 0) is 26.3 Å². The van der Waals surface area contributed by atoms with Gasteiger partial charge in [-0.25, -0.2) is 0 Å². The molecule has 0 spiro atoms. The maximum absolute atomic E-state index is 5.56. The van der Waals surface area contributed by atoms with Crippen LogP contribution in [0.3, 0.4) is 0 Å². The Morgan fingerprint density at radius 2 is 1.93 bits per heavy atom. The van der Waals surface area contributed by atoms with E-state index in [9.17, 15) is 0 Å². The monoisotopic (exact) mass is 232 g/mol. The van der Waals surface area contributed by atoms with Crippen LogP contribution >= 0.6 is 12.2 Å². The summed E-state index contributed by atoms with van der Waals surface area (Å²) in [6.45, 7) is 8.87. The summed E-state index contributed by atoms with van der Waals surface area (Å²) in [5.41, 5.74) is 5.56. The molecule has 0 aliphatic carbocycles. The molecular weight excluding hydrogens is 208 g/mol. The molecule has 0 aliphatic heterocycles. The van der Waals surface area contributed by atoms with Gasteiger partial charge in [0.05, 0.1) is 17.6 Å². The molecule has 15 heavy (non-hydrogen) atoms. The maximum Gasteiger partial charge on any atom is 0.0899 e. The zero-order valence-corrected chi connectivity index (χ0v) is 11.1. The van der Waals surface area contributed by atoms with Crippen LogP contribution in [0.4, 0.5) is 0 Å². The molecule has 4 heteroatoms. The van der Waals surface area contributed by atoms with E-state index in [1.165, 1.54) is 0 Å². The van der Waals surface area contributed by atoms with Crippen LogP contribution in [-0.2, 0) is 4.74 Å². The fourth-order valence-electron chi connectivity index (χ4n) is 1.04. The summed E-state index contributed by atoms with van der Waals surface area (Å²) < 4.78 is 5.52. The minimum Gasteiger partial charge on any atom is -0.392 e. The summed E-state index contributed by atoms with van der Waals surface area (Å²) in [7, 11) is 2.01. The largest absolute Gasteiger partial charge is 0.392 e. The average molecular weight is 232 g/mol. The molecule has 0 rings (SSSR count). The molecule has 0 aromatic heterocycles. The highest BCUT2D eigenvalue weighted by atomic mass is 32.1. The van der Waals surface area contributed by atoms with Gasteiger partial charge in [-0.2, -0.15) is 0 Å².